The average molecular weight is 304 g/mol. The smallest absolute Gasteiger partial charge is 0.261 e. The second-order valence-corrected chi connectivity index (χ2v) is 7.33. The number of nitrogens with zero attached hydrogens (tertiary/aromatic N) is 1. The van der Waals surface area contributed by atoms with Gasteiger partial charge in [0.2, 0.25) is 0 Å². The van der Waals surface area contributed by atoms with Crippen molar-refractivity contribution in [3.63, 3.8) is 0 Å². The number of hydrogen-bond donors (Lipinski definition) is 0. The van der Waals surface area contributed by atoms with E-state index in [2.05, 4.69) is 4.90 Å². The molecule has 0 N–H and O–H groups in total. The molecule has 1 heterocycles. The molecule has 0 amide bonds. The number of ether oxygens (including phenoxy) is 1. The summed E-state index contributed by atoms with van der Waals surface area (Å²) in [6, 6.07) is 4.67. The highest BCUT2D eigenvalue weighted by molar-refractivity contribution is 8.13. The third kappa shape index (κ3) is 4.09. The minimum Gasteiger partial charge on any atom is -0.492 e. The van der Waals surface area contributed by atoms with Crippen molar-refractivity contribution >= 4 is 19.7 Å². The fraction of sp³-hybridized carbons (Fsp3) is 0.538. The number of likely N-dealkylation sites (tertiary alicyclic amines) is 1. The fourth-order valence-corrected chi connectivity index (χ4v) is 3.06. The lowest BCUT2D eigenvalue weighted by atomic mass is 10.2. The van der Waals surface area contributed by atoms with Crippen LogP contribution in [0.1, 0.15) is 18.4 Å². The summed E-state index contributed by atoms with van der Waals surface area (Å²) in [7, 11) is 1.63. The molecule has 1 aliphatic rings. The minimum atomic E-state index is -3.67. The van der Waals surface area contributed by atoms with E-state index in [4.69, 9.17) is 15.4 Å². The molecule has 0 spiro atoms. The van der Waals surface area contributed by atoms with Gasteiger partial charge in [-0.15, -0.1) is 0 Å². The van der Waals surface area contributed by atoms with E-state index in [1.807, 2.05) is 6.92 Å². The van der Waals surface area contributed by atoms with Gasteiger partial charge in [0, 0.05) is 17.2 Å². The molecule has 0 saturated carbocycles. The number of benzene rings is 1. The highest BCUT2D eigenvalue weighted by atomic mass is 35.7. The second-order valence-electron chi connectivity index (χ2n) is 4.76. The molecule has 0 radical (unpaired) electrons. The molecular formula is C13H18ClNO3S. The zero-order valence-electron chi connectivity index (χ0n) is 10.9. The van der Waals surface area contributed by atoms with E-state index in [-0.39, 0.29) is 4.90 Å². The second kappa shape index (κ2) is 6.11. The molecule has 2 rings (SSSR count). The van der Waals surface area contributed by atoms with Gasteiger partial charge >= 0.3 is 0 Å². The molecule has 6 heteroatoms. The van der Waals surface area contributed by atoms with Gasteiger partial charge in [-0.2, -0.15) is 0 Å². The largest absolute Gasteiger partial charge is 0.492 e. The summed E-state index contributed by atoms with van der Waals surface area (Å²) >= 11 is 0. The van der Waals surface area contributed by atoms with Crippen LogP contribution in [0.2, 0.25) is 0 Å². The number of halogens is 1. The van der Waals surface area contributed by atoms with Crippen LogP contribution in [0, 0.1) is 6.92 Å². The van der Waals surface area contributed by atoms with Crippen LogP contribution in [0.5, 0.6) is 5.75 Å². The Morgan fingerprint density at radius 3 is 2.58 bits per heavy atom. The van der Waals surface area contributed by atoms with Crippen LogP contribution in [0.3, 0.4) is 0 Å². The van der Waals surface area contributed by atoms with Gasteiger partial charge in [-0.3, -0.25) is 4.90 Å². The summed E-state index contributed by atoms with van der Waals surface area (Å²) in [5.41, 5.74) is 0.781. The van der Waals surface area contributed by atoms with Crippen LogP contribution in [-0.4, -0.2) is 39.6 Å². The van der Waals surface area contributed by atoms with Crippen molar-refractivity contribution in [1.29, 1.82) is 0 Å². The maximum Gasteiger partial charge on any atom is 0.261 e. The average Bonchev–Trinajstić information content (AvgIpc) is 2.83. The Labute approximate surface area is 118 Å². The lowest BCUT2D eigenvalue weighted by Crippen LogP contribution is -2.25. The maximum atomic E-state index is 11.2. The van der Waals surface area contributed by atoms with Crippen molar-refractivity contribution in [2.45, 2.75) is 24.7 Å². The van der Waals surface area contributed by atoms with Crippen LogP contribution in [0.25, 0.3) is 0 Å². The van der Waals surface area contributed by atoms with Crippen molar-refractivity contribution < 1.29 is 13.2 Å². The first-order valence-corrected chi connectivity index (χ1v) is 8.68. The number of aryl methyl sites for hydroxylation is 1. The lowest BCUT2D eigenvalue weighted by molar-refractivity contribution is 0.237. The van der Waals surface area contributed by atoms with E-state index in [0.717, 1.165) is 25.2 Å². The lowest BCUT2D eigenvalue weighted by Gasteiger charge is -2.16. The maximum absolute atomic E-state index is 11.2. The van der Waals surface area contributed by atoms with Crippen molar-refractivity contribution in [2.24, 2.45) is 0 Å². The van der Waals surface area contributed by atoms with E-state index in [1.54, 1.807) is 6.07 Å². The summed E-state index contributed by atoms with van der Waals surface area (Å²) in [5.74, 6) is 0.711. The van der Waals surface area contributed by atoms with Crippen LogP contribution in [0.4, 0.5) is 0 Å². The van der Waals surface area contributed by atoms with Gasteiger partial charge in [-0.25, -0.2) is 8.42 Å². The summed E-state index contributed by atoms with van der Waals surface area (Å²) in [4.78, 5) is 2.48. The van der Waals surface area contributed by atoms with Gasteiger partial charge in [0.1, 0.15) is 12.4 Å². The van der Waals surface area contributed by atoms with Crippen molar-refractivity contribution in [2.75, 3.05) is 26.2 Å². The molecule has 19 heavy (non-hydrogen) atoms. The van der Waals surface area contributed by atoms with Crippen molar-refractivity contribution in [3.8, 4) is 5.75 Å². The topological polar surface area (TPSA) is 46.6 Å². The molecule has 4 nitrogen and oxygen atoms in total. The van der Waals surface area contributed by atoms with E-state index < -0.39 is 9.05 Å². The van der Waals surface area contributed by atoms with Gasteiger partial charge in [-0.1, -0.05) is 0 Å². The molecule has 1 aromatic carbocycles. The molecule has 0 aromatic heterocycles. The SMILES string of the molecule is Cc1cc(S(=O)(=O)Cl)ccc1OCCN1CCCC1. The molecular weight excluding hydrogens is 286 g/mol. The van der Waals surface area contributed by atoms with Gasteiger partial charge < -0.3 is 4.74 Å². The predicted molar refractivity (Wildman–Crippen MR) is 75.4 cm³/mol. The molecule has 1 saturated heterocycles. The summed E-state index contributed by atoms with van der Waals surface area (Å²) < 4.78 is 28.1. The molecule has 0 atom stereocenters. The standard InChI is InChI=1S/C13H18ClNO3S/c1-11-10-12(19(14,16)17)4-5-13(11)18-9-8-15-6-2-3-7-15/h4-5,10H,2-3,6-9H2,1H3. The Morgan fingerprint density at radius 2 is 2.00 bits per heavy atom. The highest BCUT2D eigenvalue weighted by Crippen LogP contribution is 2.23. The van der Waals surface area contributed by atoms with E-state index in [0.29, 0.717) is 12.4 Å². The zero-order chi connectivity index (χ0) is 13.9. The first kappa shape index (κ1) is 14.6. The molecule has 1 aromatic rings. The first-order chi connectivity index (χ1) is 8.97. The molecule has 0 aliphatic carbocycles. The third-order valence-electron chi connectivity index (χ3n) is 3.29. The molecule has 106 valence electrons. The van der Waals surface area contributed by atoms with Crippen LogP contribution in [0.15, 0.2) is 23.1 Å². The Morgan fingerprint density at radius 1 is 1.32 bits per heavy atom. The number of rotatable bonds is 5. The van der Waals surface area contributed by atoms with E-state index in [9.17, 15) is 8.42 Å². The Kier molecular flexibility index (Phi) is 4.71. The summed E-state index contributed by atoms with van der Waals surface area (Å²) in [6.07, 6.45) is 2.53. The molecule has 1 fully saturated rings. The van der Waals surface area contributed by atoms with Gasteiger partial charge in [0.25, 0.3) is 9.05 Å². The quantitative estimate of drug-likeness (QED) is 0.784. The first-order valence-electron chi connectivity index (χ1n) is 6.37. The Hall–Kier alpha value is -0.780. The van der Waals surface area contributed by atoms with Crippen molar-refractivity contribution in [3.05, 3.63) is 23.8 Å². The Balaban J connectivity index is 1.93. The molecule has 0 unspecified atom stereocenters. The summed E-state index contributed by atoms with van der Waals surface area (Å²) in [5, 5.41) is 0. The minimum absolute atomic E-state index is 0.110. The normalized spacial score (nSPS) is 16.7. The highest BCUT2D eigenvalue weighted by Gasteiger charge is 2.13. The van der Waals surface area contributed by atoms with Crippen LogP contribution < -0.4 is 4.74 Å². The van der Waals surface area contributed by atoms with Crippen molar-refractivity contribution in [1.82, 2.24) is 4.90 Å². The van der Waals surface area contributed by atoms with Gasteiger partial charge in [0.05, 0.1) is 4.90 Å². The van der Waals surface area contributed by atoms with Crippen LogP contribution in [-0.2, 0) is 9.05 Å². The summed E-state index contributed by atoms with van der Waals surface area (Å²) in [6.45, 7) is 5.64. The third-order valence-corrected chi connectivity index (χ3v) is 4.64. The Bertz CT molecular complexity index is 539. The van der Waals surface area contributed by atoms with E-state index >= 15 is 0 Å². The molecule has 0 bridgehead atoms. The monoisotopic (exact) mass is 303 g/mol. The van der Waals surface area contributed by atoms with Gasteiger partial charge in [0.15, 0.2) is 0 Å². The molecule has 1 aliphatic heterocycles. The van der Waals surface area contributed by atoms with Gasteiger partial charge in [-0.05, 0) is 56.6 Å². The number of hydrogen-bond acceptors (Lipinski definition) is 4. The predicted octanol–water partition coefficient (Wildman–Crippen LogP) is 2.40. The van der Waals surface area contributed by atoms with Crippen LogP contribution >= 0.6 is 10.7 Å². The van der Waals surface area contributed by atoms with E-state index in [1.165, 1.54) is 25.0 Å². The zero-order valence-corrected chi connectivity index (χ0v) is 12.5. The fourth-order valence-electron chi connectivity index (χ4n) is 2.23.